The highest BCUT2D eigenvalue weighted by Crippen LogP contribution is 2.16. The van der Waals surface area contributed by atoms with E-state index in [0.29, 0.717) is 19.4 Å². The molecule has 0 aromatic carbocycles. The van der Waals surface area contributed by atoms with Crippen LogP contribution in [-0.4, -0.2) is 65.5 Å². The number of likely N-dealkylation sites (tertiary alicyclic amines) is 2. The Morgan fingerprint density at radius 2 is 1.67 bits per heavy atom. The average Bonchev–Trinajstić information content (AvgIpc) is 2.53. The van der Waals surface area contributed by atoms with Gasteiger partial charge >= 0.3 is 12.0 Å². The SMILES string of the molecule is O=C(O)[C@@H]1CCCN(C(=O)NCC(=O)N2CCCCC2)C1. The normalized spacial score (nSPS) is 22.8. The van der Waals surface area contributed by atoms with Crippen LogP contribution in [0.5, 0.6) is 0 Å². The minimum Gasteiger partial charge on any atom is -0.481 e. The molecule has 0 saturated carbocycles. The fraction of sp³-hybridized carbons (Fsp3) is 0.786. The maximum absolute atomic E-state index is 12.0. The molecule has 2 heterocycles. The minimum absolute atomic E-state index is 0.00687. The number of rotatable bonds is 3. The zero-order valence-corrected chi connectivity index (χ0v) is 12.2. The zero-order valence-electron chi connectivity index (χ0n) is 12.2. The van der Waals surface area contributed by atoms with E-state index < -0.39 is 11.9 Å². The number of carboxylic acid groups (broad SMARTS) is 1. The molecule has 2 N–H and O–H groups in total. The first-order chi connectivity index (χ1) is 10.1. The number of nitrogens with one attached hydrogen (secondary N) is 1. The van der Waals surface area contributed by atoms with Gasteiger partial charge in [-0.15, -0.1) is 0 Å². The van der Waals surface area contributed by atoms with Gasteiger partial charge in [-0.2, -0.15) is 0 Å². The standard InChI is InChI=1S/C14H23N3O4/c18-12(16-6-2-1-3-7-16)9-15-14(21)17-8-4-5-11(10-17)13(19)20/h11H,1-10H2,(H,15,21)(H,19,20)/t11-/m1/s1. The Hall–Kier alpha value is -1.79. The van der Waals surface area contributed by atoms with Gasteiger partial charge in [0.25, 0.3) is 0 Å². The lowest BCUT2D eigenvalue weighted by molar-refractivity contribution is -0.143. The van der Waals surface area contributed by atoms with E-state index in [2.05, 4.69) is 5.32 Å². The molecule has 7 heteroatoms. The number of hydrogen-bond donors (Lipinski definition) is 2. The van der Waals surface area contributed by atoms with Gasteiger partial charge in [0.05, 0.1) is 12.5 Å². The predicted octanol–water partition coefficient (Wildman–Crippen LogP) is 0.505. The van der Waals surface area contributed by atoms with E-state index in [1.165, 1.54) is 4.90 Å². The Labute approximate surface area is 124 Å². The van der Waals surface area contributed by atoms with Gasteiger partial charge in [-0.05, 0) is 32.1 Å². The molecule has 0 unspecified atom stereocenters. The number of carbonyl (C=O) groups excluding carboxylic acids is 2. The Bertz CT molecular complexity index is 407. The molecule has 118 valence electrons. The molecule has 0 aromatic heterocycles. The summed E-state index contributed by atoms with van der Waals surface area (Å²) in [4.78, 5) is 38.2. The second-order valence-corrected chi connectivity index (χ2v) is 5.72. The van der Waals surface area contributed by atoms with Gasteiger partial charge in [0.15, 0.2) is 0 Å². The molecule has 0 aliphatic carbocycles. The second-order valence-electron chi connectivity index (χ2n) is 5.72. The number of urea groups is 1. The molecule has 2 aliphatic rings. The summed E-state index contributed by atoms with van der Waals surface area (Å²) in [5.41, 5.74) is 0. The molecule has 0 aromatic rings. The van der Waals surface area contributed by atoms with Crippen LogP contribution in [0.25, 0.3) is 0 Å². The Morgan fingerprint density at radius 1 is 1.00 bits per heavy atom. The topological polar surface area (TPSA) is 90.0 Å². The van der Waals surface area contributed by atoms with Crippen LogP contribution in [0.1, 0.15) is 32.1 Å². The first-order valence-electron chi connectivity index (χ1n) is 7.61. The van der Waals surface area contributed by atoms with Crippen LogP contribution in [0, 0.1) is 5.92 Å². The number of aliphatic carboxylic acids is 1. The van der Waals surface area contributed by atoms with Crippen molar-refractivity contribution in [2.45, 2.75) is 32.1 Å². The van der Waals surface area contributed by atoms with Gasteiger partial charge in [0.2, 0.25) is 5.91 Å². The van der Waals surface area contributed by atoms with E-state index >= 15 is 0 Å². The van der Waals surface area contributed by atoms with Gasteiger partial charge in [-0.3, -0.25) is 9.59 Å². The monoisotopic (exact) mass is 297 g/mol. The lowest BCUT2D eigenvalue weighted by Gasteiger charge is -2.31. The summed E-state index contributed by atoms with van der Waals surface area (Å²) in [6.07, 6.45) is 4.48. The molecule has 1 atom stereocenters. The first kappa shape index (κ1) is 15.6. The van der Waals surface area contributed by atoms with E-state index in [9.17, 15) is 14.4 Å². The highest BCUT2D eigenvalue weighted by molar-refractivity contribution is 5.84. The molecule has 0 bridgehead atoms. The van der Waals surface area contributed by atoms with Crippen molar-refractivity contribution in [3.8, 4) is 0 Å². The van der Waals surface area contributed by atoms with Crippen molar-refractivity contribution in [3.63, 3.8) is 0 Å². The Kier molecular flexibility index (Phi) is 5.41. The largest absolute Gasteiger partial charge is 0.481 e. The van der Waals surface area contributed by atoms with Crippen molar-refractivity contribution in [2.24, 2.45) is 5.92 Å². The fourth-order valence-electron chi connectivity index (χ4n) is 2.88. The first-order valence-corrected chi connectivity index (χ1v) is 7.61. The van der Waals surface area contributed by atoms with Crippen LogP contribution in [0.15, 0.2) is 0 Å². The summed E-state index contributed by atoms with van der Waals surface area (Å²) in [5, 5.41) is 11.6. The molecular weight excluding hydrogens is 274 g/mol. The van der Waals surface area contributed by atoms with Crippen molar-refractivity contribution >= 4 is 17.9 Å². The number of carboxylic acids is 1. The second kappa shape index (κ2) is 7.28. The van der Waals surface area contributed by atoms with Crippen LogP contribution >= 0.6 is 0 Å². The molecule has 0 radical (unpaired) electrons. The smallest absolute Gasteiger partial charge is 0.317 e. The highest BCUT2D eigenvalue weighted by Gasteiger charge is 2.28. The molecular formula is C14H23N3O4. The van der Waals surface area contributed by atoms with E-state index in [1.54, 1.807) is 4.90 Å². The Balaban J connectivity index is 1.75. The number of nitrogens with zero attached hydrogens (tertiary/aromatic N) is 2. The molecule has 2 aliphatic heterocycles. The van der Waals surface area contributed by atoms with E-state index in [-0.39, 0.29) is 25.0 Å². The van der Waals surface area contributed by atoms with Crippen LogP contribution in [0.2, 0.25) is 0 Å². The number of carbonyl (C=O) groups is 3. The third-order valence-electron chi connectivity index (χ3n) is 4.16. The molecule has 0 spiro atoms. The summed E-state index contributed by atoms with van der Waals surface area (Å²) >= 11 is 0. The number of hydrogen-bond acceptors (Lipinski definition) is 3. The van der Waals surface area contributed by atoms with Gasteiger partial charge in [-0.25, -0.2) is 4.79 Å². The highest BCUT2D eigenvalue weighted by atomic mass is 16.4. The summed E-state index contributed by atoms with van der Waals surface area (Å²) in [5.74, 6) is -1.42. The summed E-state index contributed by atoms with van der Waals surface area (Å²) in [6, 6.07) is -0.341. The van der Waals surface area contributed by atoms with Crippen LogP contribution in [-0.2, 0) is 9.59 Å². The van der Waals surface area contributed by atoms with Crippen molar-refractivity contribution in [2.75, 3.05) is 32.7 Å². The molecule has 2 saturated heterocycles. The zero-order chi connectivity index (χ0) is 15.2. The average molecular weight is 297 g/mol. The fourth-order valence-corrected chi connectivity index (χ4v) is 2.88. The molecule has 7 nitrogen and oxygen atoms in total. The molecule has 2 fully saturated rings. The summed E-state index contributed by atoms with van der Waals surface area (Å²) < 4.78 is 0. The molecule has 21 heavy (non-hydrogen) atoms. The maximum Gasteiger partial charge on any atom is 0.317 e. The van der Waals surface area contributed by atoms with Crippen LogP contribution < -0.4 is 5.32 Å². The minimum atomic E-state index is -0.864. The van der Waals surface area contributed by atoms with Gasteiger partial charge in [-0.1, -0.05) is 0 Å². The van der Waals surface area contributed by atoms with Gasteiger partial charge in [0.1, 0.15) is 0 Å². The lowest BCUT2D eigenvalue weighted by Crippen LogP contribution is -2.50. The van der Waals surface area contributed by atoms with E-state index in [1.807, 2.05) is 0 Å². The van der Waals surface area contributed by atoms with Crippen molar-refractivity contribution in [1.82, 2.24) is 15.1 Å². The van der Waals surface area contributed by atoms with Crippen LogP contribution in [0.4, 0.5) is 4.79 Å². The lowest BCUT2D eigenvalue weighted by atomic mass is 9.99. The number of piperidine rings is 2. The third kappa shape index (κ3) is 4.34. The van der Waals surface area contributed by atoms with Crippen molar-refractivity contribution in [3.05, 3.63) is 0 Å². The summed E-state index contributed by atoms with van der Waals surface area (Å²) in [7, 11) is 0. The maximum atomic E-state index is 12.0. The van der Waals surface area contributed by atoms with Gasteiger partial charge in [0, 0.05) is 26.2 Å². The molecule has 3 amide bonds. The third-order valence-corrected chi connectivity index (χ3v) is 4.16. The van der Waals surface area contributed by atoms with E-state index in [0.717, 1.165) is 32.4 Å². The quantitative estimate of drug-likeness (QED) is 0.794. The Morgan fingerprint density at radius 3 is 2.33 bits per heavy atom. The van der Waals surface area contributed by atoms with Crippen molar-refractivity contribution < 1.29 is 19.5 Å². The predicted molar refractivity (Wildman–Crippen MR) is 75.8 cm³/mol. The number of amides is 3. The van der Waals surface area contributed by atoms with E-state index in [4.69, 9.17) is 5.11 Å². The van der Waals surface area contributed by atoms with Crippen molar-refractivity contribution in [1.29, 1.82) is 0 Å². The van der Waals surface area contributed by atoms with Gasteiger partial charge < -0.3 is 20.2 Å². The molecule has 2 rings (SSSR count). The summed E-state index contributed by atoms with van der Waals surface area (Å²) in [6.45, 7) is 2.29. The van der Waals surface area contributed by atoms with Crippen LogP contribution in [0.3, 0.4) is 0 Å².